The van der Waals surface area contributed by atoms with Crippen molar-refractivity contribution < 1.29 is 43.3 Å². The molecular weight excluding hydrogens is 316 g/mol. The van der Waals surface area contributed by atoms with Gasteiger partial charge in [0.1, 0.15) is 6.04 Å². The molecule has 0 aliphatic carbocycles. The number of carbonyl (C=O) groups excluding carboxylic acids is 4. The number of carboxylic acids is 1. The summed E-state index contributed by atoms with van der Waals surface area (Å²) in [6, 6.07) is -1.48. The van der Waals surface area contributed by atoms with E-state index in [-0.39, 0.29) is 0 Å². The third kappa shape index (κ3) is 9.57. The van der Waals surface area contributed by atoms with Crippen LogP contribution in [-0.4, -0.2) is 61.4 Å². The highest BCUT2D eigenvalue weighted by molar-refractivity contribution is 5.91. The van der Waals surface area contributed by atoms with E-state index in [1.165, 1.54) is 0 Å². The molecule has 0 aromatic carbocycles. The molecule has 0 fully saturated rings. The van der Waals surface area contributed by atoms with Crippen LogP contribution in [0.1, 0.15) is 6.42 Å². The minimum atomic E-state index is -1.48. The van der Waals surface area contributed by atoms with Crippen molar-refractivity contribution in [3.05, 3.63) is 12.2 Å². The van der Waals surface area contributed by atoms with E-state index in [4.69, 9.17) is 10.8 Å². The van der Waals surface area contributed by atoms with Crippen LogP contribution in [0.25, 0.3) is 0 Å². The quantitative estimate of drug-likeness (QED) is 0.236. The van der Waals surface area contributed by atoms with Gasteiger partial charge in [-0.25, -0.2) is 14.4 Å². The number of carboxylic acid groups (broad SMARTS) is 1. The van der Waals surface area contributed by atoms with Crippen molar-refractivity contribution in [1.29, 1.82) is 0 Å². The van der Waals surface area contributed by atoms with Crippen LogP contribution in [0.2, 0.25) is 0 Å². The van der Waals surface area contributed by atoms with Gasteiger partial charge < -0.3 is 30.4 Å². The highest BCUT2D eigenvalue weighted by Crippen LogP contribution is 1.97. The van der Waals surface area contributed by atoms with E-state index in [1.54, 1.807) is 0 Å². The molecule has 0 bridgehead atoms. The Balaban J connectivity index is 4.38. The van der Waals surface area contributed by atoms with Gasteiger partial charge in [-0.3, -0.25) is 9.59 Å². The highest BCUT2D eigenvalue weighted by Gasteiger charge is 2.25. The van der Waals surface area contributed by atoms with Crippen molar-refractivity contribution in [1.82, 2.24) is 5.32 Å². The average molecular weight is 332 g/mol. The zero-order valence-electron chi connectivity index (χ0n) is 12.1. The first-order chi connectivity index (χ1) is 10.8. The van der Waals surface area contributed by atoms with E-state index in [0.717, 1.165) is 19.3 Å². The molecule has 0 saturated carbocycles. The summed E-state index contributed by atoms with van der Waals surface area (Å²) in [7, 11) is 1.11. The highest BCUT2D eigenvalue weighted by atomic mass is 16.7. The van der Waals surface area contributed by atoms with E-state index < -0.39 is 55.6 Å². The molecule has 0 rings (SSSR count). The standard InChI is InChI=1S/C12H16N2O9/c1-21-10(18)2-3-11(19)22-6-23-12(20)7(4-9(16)17)14-8(15)5-13/h2-3,7H,4-6,13H2,1H3,(H,14,15)(H,16,17)/b3-2+/t7-/m0/s1. The number of rotatable bonds is 9. The number of esters is 3. The predicted molar refractivity (Wildman–Crippen MR) is 71.4 cm³/mol. The molecule has 11 heteroatoms. The van der Waals surface area contributed by atoms with E-state index in [0.29, 0.717) is 0 Å². The number of aliphatic carboxylic acids is 1. The third-order valence-electron chi connectivity index (χ3n) is 2.14. The molecule has 0 aliphatic rings. The molecule has 11 nitrogen and oxygen atoms in total. The topological polar surface area (TPSA) is 171 Å². The van der Waals surface area contributed by atoms with Crippen LogP contribution in [0.5, 0.6) is 0 Å². The van der Waals surface area contributed by atoms with Crippen molar-refractivity contribution in [2.24, 2.45) is 5.73 Å². The predicted octanol–water partition coefficient (Wildman–Crippen LogP) is -2.32. The van der Waals surface area contributed by atoms with Crippen molar-refractivity contribution in [3.63, 3.8) is 0 Å². The minimum absolute atomic E-state index is 0.448. The fourth-order valence-electron chi connectivity index (χ4n) is 1.12. The van der Waals surface area contributed by atoms with Crippen LogP contribution < -0.4 is 11.1 Å². The zero-order valence-corrected chi connectivity index (χ0v) is 12.1. The molecule has 0 radical (unpaired) electrons. The Morgan fingerprint density at radius 2 is 1.74 bits per heavy atom. The lowest BCUT2D eigenvalue weighted by molar-refractivity contribution is -0.167. The Kier molecular flexibility index (Phi) is 9.35. The fourth-order valence-corrected chi connectivity index (χ4v) is 1.12. The third-order valence-corrected chi connectivity index (χ3v) is 2.14. The van der Waals surface area contributed by atoms with Crippen molar-refractivity contribution in [2.75, 3.05) is 20.4 Å². The molecule has 23 heavy (non-hydrogen) atoms. The summed E-state index contributed by atoms with van der Waals surface area (Å²) in [5.41, 5.74) is 5.03. The van der Waals surface area contributed by atoms with Gasteiger partial charge in [-0.2, -0.15) is 0 Å². The maximum absolute atomic E-state index is 11.6. The minimum Gasteiger partial charge on any atom is -0.481 e. The van der Waals surface area contributed by atoms with Gasteiger partial charge in [0.2, 0.25) is 12.7 Å². The molecule has 0 heterocycles. The van der Waals surface area contributed by atoms with Crippen LogP contribution in [0.3, 0.4) is 0 Å². The number of nitrogens with one attached hydrogen (secondary N) is 1. The van der Waals surface area contributed by atoms with E-state index >= 15 is 0 Å². The number of carbonyl (C=O) groups is 5. The lowest BCUT2D eigenvalue weighted by atomic mass is 10.2. The smallest absolute Gasteiger partial charge is 0.333 e. The Morgan fingerprint density at radius 1 is 1.13 bits per heavy atom. The van der Waals surface area contributed by atoms with Gasteiger partial charge in [0.25, 0.3) is 0 Å². The Bertz CT molecular complexity index is 501. The second kappa shape index (κ2) is 10.7. The largest absolute Gasteiger partial charge is 0.481 e. The molecule has 128 valence electrons. The van der Waals surface area contributed by atoms with Gasteiger partial charge in [-0.1, -0.05) is 0 Å². The first-order valence-corrected chi connectivity index (χ1v) is 6.10. The lowest BCUT2D eigenvalue weighted by Crippen LogP contribution is -2.45. The Labute approximate surface area is 130 Å². The van der Waals surface area contributed by atoms with E-state index in [1.807, 2.05) is 5.32 Å². The second-order valence-electron chi connectivity index (χ2n) is 3.82. The molecule has 4 N–H and O–H groups in total. The van der Waals surface area contributed by atoms with Gasteiger partial charge >= 0.3 is 23.9 Å². The summed E-state index contributed by atoms with van der Waals surface area (Å²) in [4.78, 5) is 55.1. The maximum Gasteiger partial charge on any atom is 0.333 e. The van der Waals surface area contributed by atoms with Gasteiger partial charge in [0.15, 0.2) is 0 Å². The van der Waals surface area contributed by atoms with Crippen LogP contribution in [0, 0.1) is 0 Å². The normalized spacial score (nSPS) is 11.4. The summed E-state index contributed by atoms with van der Waals surface area (Å²) in [5, 5.41) is 10.7. The van der Waals surface area contributed by atoms with Crippen molar-refractivity contribution in [2.45, 2.75) is 12.5 Å². The monoisotopic (exact) mass is 332 g/mol. The Morgan fingerprint density at radius 3 is 2.26 bits per heavy atom. The van der Waals surface area contributed by atoms with Gasteiger partial charge in [-0.05, 0) is 0 Å². The number of hydrogen-bond acceptors (Lipinski definition) is 9. The second-order valence-corrected chi connectivity index (χ2v) is 3.82. The first kappa shape index (κ1) is 20.1. The average Bonchev–Trinajstić information content (AvgIpc) is 2.50. The lowest BCUT2D eigenvalue weighted by Gasteiger charge is -2.15. The fraction of sp³-hybridized carbons (Fsp3) is 0.417. The number of ether oxygens (including phenoxy) is 3. The van der Waals surface area contributed by atoms with Gasteiger partial charge in [-0.15, -0.1) is 0 Å². The first-order valence-electron chi connectivity index (χ1n) is 6.10. The summed E-state index contributed by atoms with van der Waals surface area (Å²) in [6.07, 6.45) is 0.796. The maximum atomic E-state index is 11.6. The van der Waals surface area contributed by atoms with Crippen molar-refractivity contribution >= 4 is 29.8 Å². The SMILES string of the molecule is COC(=O)/C=C/C(=O)OCOC(=O)[C@H](CC(=O)O)NC(=O)CN. The number of nitrogens with two attached hydrogens (primary N) is 1. The molecule has 0 saturated heterocycles. The summed E-state index contributed by atoms with van der Waals surface area (Å²) in [5.74, 6) is -5.03. The van der Waals surface area contributed by atoms with Crippen LogP contribution >= 0.6 is 0 Å². The molecule has 0 aromatic heterocycles. The molecular formula is C12H16N2O9. The van der Waals surface area contributed by atoms with E-state index in [2.05, 4.69) is 14.2 Å². The zero-order chi connectivity index (χ0) is 17.8. The Hall–Kier alpha value is -2.95. The van der Waals surface area contributed by atoms with Crippen molar-refractivity contribution in [3.8, 4) is 0 Å². The molecule has 0 spiro atoms. The summed E-state index contributed by atoms with van der Waals surface area (Å²) in [6.45, 7) is -1.28. The number of methoxy groups -OCH3 is 1. The number of hydrogen-bond donors (Lipinski definition) is 3. The van der Waals surface area contributed by atoms with Gasteiger partial charge in [0, 0.05) is 12.2 Å². The van der Waals surface area contributed by atoms with Crippen LogP contribution in [0.15, 0.2) is 12.2 Å². The summed E-state index contributed by atoms with van der Waals surface area (Å²) >= 11 is 0. The molecule has 1 atom stereocenters. The van der Waals surface area contributed by atoms with E-state index in [9.17, 15) is 24.0 Å². The summed E-state index contributed by atoms with van der Waals surface area (Å²) < 4.78 is 13.2. The molecule has 0 unspecified atom stereocenters. The molecule has 1 amide bonds. The van der Waals surface area contributed by atoms with Gasteiger partial charge in [0.05, 0.1) is 20.1 Å². The number of amides is 1. The van der Waals surface area contributed by atoms with Crippen LogP contribution in [-0.2, 0) is 38.2 Å². The molecule has 0 aromatic rings. The van der Waals surface area contributed by atoms with Crippen LogP contribution in [0.4, 0.5) is 0 Å². The molecule has 0 aliphatic heterocycles.